The van der Waals surface area contributed by atoms with Crippen LogP contribution in [0.4, 0.5) is 0 Å². The highest BCUT2D eigenvalue weighted by atomic mass is 32.2. The Morgan fingerprint density at radius 1 is 1.44 bits per heavy atom. The molecule has 140 valence electrons. The van der Waals surface area contributed by atoms with Crippen LogP contribution >= 0.6 is 11.8 Å². The highest BCUT2D eigenvalue weighted by Gasteiger charge is 2.28. The predicted molar refractivity (Wildman–Crippen MR) is 99.5 cm³/mol. The fourth-order valence-corrected chi connectivity index (χ4v) is 3.32. The third-order valence-electron chi connectivity index (χ3n) is 3.75. The van der Waals surface area contributed by atoms with Crippen LogP contribution in [0.1, 0.15) is 18.3 Å². The fourth-order valence-electron chi connectivity index (χ4n) is 2.53. The molecule has 1 aromatic heterocycles. The van der Waals surface area contributed by atoms with Gasteiger partial charge in [0.2, 0.25) is 5.91 Å². The molecule has 0 fully saturated rings. The highest BCUT2D eigenvalue weighted by molar-refractivity contribution is 7.99. The lowest BCUT2D eigenvalue weighted by molar-refractivity contribution is -0.118. The van der Waals surface area contributed by atoms with Gasteiger partial charge in [-0.25, -0.2) is 0 Å². The van der Waals surface area contributed by atoms with Crippen LogP contribution in [0.15, 0.2) is 42.1 Å². The summed E-state index contributed by atoms with van der Waals surface area (Å²) >= 11 is 1.27. The van der Waals surface area contributed by atoms with E-state index in [1.807, 2.05) is 34.9 Å². The molecule has 27 heavy (non-hydrogen) atoms. The van der Waals surface area contributed by atoms with Gasteiger partial charge in [-0.3, -0.25) is 9.36 Å². The number of nitrogens with one attached hydrogen (secondary N) is 1. The van der Waals surface area contributed by atoms with E-state index in [1.54, 1.807) is 6.08 Å². The molecule has 3 rings (SSSR count). The number of nitriles is 1. The Balaban J connectivity index is 1.69. The third kappa shape index (κ3) is 4.60. The molecule has 0 unspecified atom stereocenters. The molecule has 1 aromatic carbocycles. The Morgan fingerprint density at radius 2 is 2.26 bits per heavy atom. The number of fused-ring (bicyclic) bond motifs is 1. The maximum absolute atomic E-state index is 11.8. The summed E-state index contributed by atoms with van der Waals surface area (Å²) < 4.78 is 13.6. The molecular weight excluding hydrogens is 366 g/mol. The average molecular weight is 385 g/mol. The quantitative estimate of drug-likeness (QED) is 0.422. The summed E-state index contributed by atoms with van der Waals surface area (Å²) in [6, 6.07) is 9.45. The molecule has 9 heteroatoms. The molecule has 1 aliphatic rings. The van der Waals surface area contributed by atoms with Gasteiger partial charge in [0.15, 0.2) is 28.6 Å². The van der Waals surface area contributed by atoms with E-state index < -0.39 is 6.10 Å². The van der Waals surface area contributed by atoms with E-state index in [0.717, 1.165) is 0 Å². The van der Waals surface area contributed by atoms with Gasteiger partial charge in [-0.2, -0.15) is 5.26 Å². The second-order valence-corrected chi connectivity index (χ2v) is 6.59. The first-order valence-corrected chi connectivity index (χ1v) is 9.40. The van der Waals surface area contributed by atoms with Gasteiger partial charge in [0.1, 0.15) is 6.61 Å². The molecule has 0 aliphatic carbocycles. The second-order valence-electron chi connectivity index (χ2n) is 5.65. The van der Waals surface area contributed by atoms with Crippen molar-refractivity contribution in [3.63, 3.8) is 0 Å². The smallest absolute Gasteiger partial charge is 0.230 e. The molecule has 1 amide bonds. The number of thioether (sulfide) groups is 1. The van der Waals surface area contributed by atoms with Crippen LogP contribution in [-0.2, 0) is 11.3 Å². The van der Waals surface area contributed by atoms with Crippen molar-refractivity contribution in [3.05, 3.63) is 42.7 Å². The normalized spacial score (nSPS) is 15.0. The standard InChI is InChI=1S/C18H19N5O3S/c1-2-10-23-17(15-11-25-13-6-3-4-7-14(13)26-15)21-22-18(23)27-12-16(24)20-9-5-8-19/h2-4,6-7,15H,1,5,9-12H2,(H,20,24)/t15-/m0/s1. The Kier molecular flexibility index (Phi) is 6.33. The zero-order chi connectivity index (χ0) is 19.1. The molecule has 2 heterocycles. The maximum Gasteiger partial charge on any atom is 0.230 e. The summed E-state index contributed by atoms with van der Waals surface area (Å²) in [5.74, 6) is 2.01. The molecule has 1 atom stereocenters. The van der Waals surface area contributed by atoms with Crippen molar-refractivity contribution in [2.75, 3.05) is 18.9 Å². The number of allylic oxidation sites excluding steroid dienone is 1. The van der Waals surface area contributed by atoms with Gasteiger partial charge in [-0.15, -0.1) is 16.8 Å². The van der Waals surface area contributed by atoms with E-state index in [9.17, 15) is 4.79 Å². The molecule has 0 radical (unpaired) electrons. The van der Waals surface area contributed by atoms with Gasteiger partial charge in [0.25, 0.3) is 0 Å². The van der Waals surface area contributed by atoms with Crippen LogP contribution in [-0.4, -0.2) is 39.6 Å². The molecule has 0 saturated carbocycles. The monoisotopic (exact) mass is 385 g/mol. The number of amides is 1. The lowest BCUT2D eigenvalue weighted by atomic mass is 10.2. The van der Waals surface area contributed by atoms with E-state index in [2.05, 4.69) is 22.1 Å². The van der Waals surface area contributed by atoms with Crippen molar-refractivity contribution < 1.29 is 14.3 Å². The number of nitrogens with zero attached hydrogens (tertiary/aromatic N) is 4. The number of benzene rings is 1. The van der Waals surface area contributed by atoms with E-state index in [4.69, 9.17) is 14.7 Å². The van der Waals surface area contributed by atoms with Crippen LogP contribution < -0.4 is 14.8 Å². The summed E-state index contributed by atoms with van der Waals surface area (Å²) in [5, 5.41) is 20.2. The van der Waals surface area contributed by atoms with Gasteiger partial charge in [0.05, 0.1) is 18.2 Å². The van der Waals surface area contributed by atoms with Crippen LogP contribution in [0.3, 0.4) is 0 Å². The summed E-state index contributed by atoms with van der Waals surface area (Å²) in [6.45, 7) is 4.93. The topological polar surface area (TPSA) is 102 Å². The molecular formula is C18H19N5O3S. The second kappa shape index (κ2) is 9.09. The van der Waals surface area contributed by atoms with Gasteiger partial charge >= 0.3 is 0 Å². The number of carbonyl (C=O) groups excluding carboxylic acids is 1. The Labute approximate surface area is 161 Å². The summed E-state index contributed by atoms with van der Waals surface area (Å²) in [7, 11) is 0. The average Bonchev–Trinajstić information content (AvgIpc) is 3.09. The van der Waals surface area contributed by atoms with Crippen molar-refractivity contribution in [1.29, 1.82) is 5.26 Å². The van der Waals surface area contributed by atoms with Crippen molar-refractivity contribution in [3.8, 4) is 17.6 Å². The van der Waals surface area contributed by atoms with Crippen molar-refractivity contribution in [2.45, 2.75) is 24.2 Å². The van der Waals surface area contributed by atoms with E-state index in [-0.39, 0.29) is 18.1 Å². The van der Waals surface area contributed by atoms with E-state index in [0.29, 0.717) is 42.2 Å². The van der Waals surface area contributed by atoms with Gasteiger partial charge in [-0.1, -0.05) is 30.0 Å². The molecule has 0 saturated heterocycles. The lowest BCUT2D eigenvalue weighted by Crippen LogP contribution is -2.26. The van der Waals surface area contributed by atoms with Gasteiger partial charge in [0, 0.05) is 13.1 Å². The Hall–Kier alpha value is -2.99. The highest BCUT2D eigenvalue weighted by Crippen LogP contribution is 2.36. The molecule has 1 aliphatic heterocycles. The summed E-state index contributed by atoms with van der Waals surface area (Å²) in [6.07, 6.45) is 1.63. The van der Waals surface area contributed by atoms with Crippen LogP contribution in [0, 0.1) is 11.3 Å². The zero-order valence-corrected chi connectivity index (χ0v) is 15.4. The number of hydrogen-bond acceptors (Lipinski definition) is 7. The summed E-state index contributed by atoms with van der Waals surface area (Å²) in [4.78, 5) is 11.8. The number of ether oxygens (including phenoxy) is 2. The third-order valence-corrected chi connectivity index (χ3v) is 4.71. The zero-order valence-electron chi connectivity index (χ0n) is 14.6. The molecule has 8 nitrogen and oxygen atoms in total. The number of aromatic nitrogens is 3. The minimum absolute atomic E-state index is 0.156. The first-order chi connectivity index (χ1) is 13.2. The fraction of sp³-hybridized carbons (Fsp3) is 0.333. The van der Waals surface area contributed by atoms with Crippen molar-refractivity contribution >= 4 is 17.7 Å². The molecule has 0 bridgehead atoms. The number of para-hydroxylation sites is 2. The lowest BCUT2D eigenvalue weighted by Gasteiger charge is -2.26. The van der Waals surface area contributed by atoms with Gasteiger partial charge in [-0.05, 0) is 12.1 Å². The van der Waals surface area contributed by atoms with Crippen LogP contribution in [0.5, 0.6) is 11.5 Å². The first-order valence-electron chi connectivity index (χ1n) is 8.42. The maximum atomic E-state index is 11.8. The van der Waals surface area contributed by atoms with Crippen LogP contribution in [0.25, 0.3) is 0 Å². The predicted octanol–water partition coefficient (Wildman–Crippen LogP) is 2.10. The Morgan fingerprint density at radius 3 is 3.04 bits per heavy atom. The molecule has 1 N–H and O–H groups in total. The van der Waals surface area contributed by atoms with Crippen molar-refractivity contribution in [2.24, 2.45) is 0 Å². The number of hydrogen-bond donors (Lipinski definition) is 1. The molecule has 0 spiro atoms. The number of carbonyl (C=O) groups is 1. The van der Waals surface area contributed by atoms with Crippen molar-refractivity contribution in [1.82, 2.24) is 20.1 Å². The molecule has 2 aromatic rings. The summed E-state index contributed by atoms with van der Waals surface area (Å²) in [5.41, 5.74) is 0. The minimum Gasteiger partial charge on any atom is -0.485 e. The van der Waals surface area contributed by atoms with Gasteiger partial charge < -0.3 is 14.8 Å². The first kappa shape index (κ1) is 18.8. The number of rotatable bonds is 8. The van der Waals surface area contributed by atoms with E-state index >= 15 is 0 Å². The minimum atomic E-state index is -0.397. The van der Waals surface area contributed by atoms with Crippen LogP contribution in [0.2, 0.25) is 0 Å². The Bertz CT molecular complexity index is 861. The SMILES string of the molecule is C=CCn1c(SCC(=O)NCCC#N)nnc1[C@@H]1COc2ccccc2O1. The largest absolute Gasteiger partial charge is 0.485 e. The van der Waals surface area contributed by atoms with E-state index in [1.165, 1.54) is 11.8 Å².